The fourth-order valence-corrected chi connectivity index (χ4v) is 1.77. The number of nitrogens with two attached hydrogens (primary N) is 1. The number of rotatable bonds is 2. The third-order valence-electron chi connectivity index (χ3n) is 2.53. The summed E-state index contributed by atoms with van der Waals surface area (Å²) in [6.45, 7) is -0.0732. The van der Waals surface area contributed by atoms with Crippen LogP contribution in [0.1, 0.15) is 5.69 Å². The second kappa shape index (κ2) is 3.56. The van der Waals surface area contributed by atoms with Gasteiger partial charge in [-0.05, 0) is 12.1 Å². The molecule has 3 rings (SSSR count). The van der Waals surface area contributed by atoms with Crippen molar-refractivity contribution < 1.29 is 5.11 Å². The zero-order chi connectivity index (χ0) is 11.8. The Morgan fingerprint density at radius 2 is 2.29 bits per heavy atom. The van der Waals surface area contributed by atoms with E-state index in [9.17, 15) is 5.11 Å². The van der Waals surface area contributed by atoms with Gasteiger partial charge >= 0.3 is 0 Å². The molecule has 0 aliphatic heterocycles. The highest BCUT2D eigenvalue weighted by molar-refractivity contribution is 5.82. The van der Waals surface area contributed by atoms with Gasteiger partial charge in [-0.3, -0.25) is 5.10 Å². The van der Waals surface area contributed by atoms with E-state index in [1.54, 1.807) is 17.0 Å². The number of aliphatic hydroxyl groups excluding tert-OH is 1. The number of anilines is 1. The van der Waals surface area contributed by atoms with Gasteiger partial charge in [0, 0.05) is 11.9 Å². The fourth-order valence-electron chi connectivity index (χ4n) is 1.77. The van der Waals surface area contributed by atoms with Crippen LogP contribution in [-0.2, 0) is 6.61 Å². The fraction of sp³-hybridized carbons (Fsp3) is 0.100. The molecule has 0 amide bonds. The molecular formula is C10H10N6O. The lowest BCUT2D eigenvalue weighted by molar-refractivity contribution is 0.274. The number of H-pyrrole nitrogens is 1. The van der Waals surface area contributed by atoms with Crippen molar-refractivity contribution >= 4 is 17.0 Å². The van der Waals surface area contributed by atoms with Gasteiger partial charge in [-0.2, -0.15) is 15.1 Å². The molecule has 0 spiro atoms. The van der Waals surface area contributed by atoms with Crippen LogP contribution >= 0.6 is 0 Å². The van der Waals surface area contributed by atoms with Crippen molar-refractivity contribution in [3.63, 3.8) is 0 Å². The molecule has 0 aliphatic rings. The second-order valence-corrected chi connectivity index (χ2v) is 3.57. The summed E-state index contributed by atoms with van der Waals surface area (Å²) in [6.07, 6.45) is 3.44. The van der Waals surface area contributed by atoms with E-state index in [4.69, 9.17) is 5.73 Å². The van der Waals surface area contributed by atoms with E-state index in [0.717, 1.165) is 11.1 Å². The molecule has 0 saturated heterocycles. The van der Waals surface area contributed by atoms with E-state index in [2.05, 4.69) is 20.2 Å². The molecule has 86 valence electrons. The summed E-state index contributed by atoms with van der Waals surface area (Å²) in [5, 5.41) is 16.6. The number of aromatic nitrogens is 5. The number of aliphatic hydroxyl groups is 1. The molecule has 7 heteroatoms. The SMILES string of the molecule is Nc1nc(-n2cccc2CO)c2cn[nH]c2n1. The minimum absolute atomic E-state index is 0.0732. The number of fused-ring (bicyclic) bond motifs is 1. The van der Waals surface area contributed by atoms with Crippen LogP contribution in [0.15, 0.2) is 24.5 Å². The largest absolute Gasteiger partial charge is 0.390 e. The molecule has 0 bridgehead atoms. The molecule has 17 heavy (non-hydrogen) atoms. The Morgan fingerprint density at radius 3 is 3.12 bits per heavy atom. The molecule has 0 aromatic carbocycles. The Morgan fingerprint density at radius 1 is 1.41 bits per heavy atom. The first-order valence-electron chi connectivity index (χ1n) is 5.03. The summed E-state index contributed by atoms with van der Waals surface area (Å²) in [5.41, 5.74) is 6.94. The van der Waals surface area contributed by atoms with Crippen LogP contribution in [0, 0.1) is 0 Å². The lowest BCUT2D eigenvalue weighted by Crippen LogP contribution is -2.05. The maximum absolute atomic E-state index is 9.24. The first-order chi connectivity index (χ1) is 8.29. The van der Waals surface area contributed by atoms with Gasteiger partial charge in [-0.15, -0.1) is 0 Å². The number of nitrogens with one attached hydrogen (secondary N) is 1. The Kier molecular flexibility index (Phi) is 2.05. The first-order valence-corrected chi connectivity index (χ1v) is 5.03. The second-order valence-electron chi connectivity index (χ2n) is 3.57. The average Bonchev–Trinajstić information content (AvgIpc) is 2.95. The molecule has 0 fully saturated rings. The number of hydrogen-bond acceptors (Lipinski definition) is 5. The normalized spacial score (nSPS) is 11.1. The monoisotopic (exact) mass is 230 g/mol. The highest BCUT2D eigenvalue weighted by atomic mass is 16.3. The zero-order valence-corrected chi connectivity index (χ0v) is 8.83. The van der Waals surface area contributed by atoms with Crippen molar-refractivity contribution in [3.8, 4) is 5.82 Å². The van der Waals surface area contributed by atoms with E-state index in [0.29, 0.717) is 11.5 Å². The van der Waals surface area contributed by atoms with Gasteiger partial charge in [-0.25, -0.2) is 0 Å². The molecule has 3 aromatic heterocycles. The predicted octanol–water partition coefficient (Wildman–Crippen LogP) is 0.218. The van der Waals surface area contributed by atoms with Crippen molar-refractivity contribution in [2.45, 2.75) is 6.61 Å². The summed E-state index contributed by atoms with van der Waals surface area (Å²) in [5.74, 6) is 0.768. The van der Waals surface area contributed by atoms with E-state index >= 15 is 0 Å². The van der Waals surface area contributed by atoms with Gasteiger partial charge in [0.25, 0.3) is 0 Å². The van der Waals surface area contributed by atoms with Crippen molar-refractivity contribution in [1.82, 2.24) is 24.7 Å². The van der Waals surface area contributed by atoms with Gasteiger partial charge < -0.3 is 15.4 Å². The number of nitrogens with zero attached hydrogens (tertiary/aromatic N) is 4. The first kappa shape index (κ1) is 9.79. The molecule has 3 aromatic rings. The summed E-state index contributed by atoms with van der Waals surface area (Å²) in [4.78, 5) is 8.22. The van der Waals surface area contributed by atoms with Crippen molar-refractivity contribution in [1.29, 1.82) is 0 Å². The Bertz CT molecular complexity index is 670. The van der Waals surface area contributed by atoms with E-state index in [1.165, 1.54) is 0 Å². The Balaban J connectivity index is 2.32. The molecule has 3 heterocycles. The number of aromatic amines is 1. The van der Waals surface area contributed by atoms with Crippen LogP contribution in [0.25, 0.3) is 16.9 Å². The molecule has 7 nitrogen and oxygen atoms in total. The number of hydrogen-bond donors (Lipinski definition) is 3. The smallest absolute Gasteiger partial charge is 0.224 e. The highest BCUT2D eigenvalue weighted by Gasteiger charge is 2.11. The summed E-state index contributed by atoms with van der Waals surface area (Å²) < 4.78 is 1.76. The van der Waals surface area contributed by atoms with Gasteiger partial charge in [-0.1, -0.05) is 0 Å². The molecule has 0 radical (unpaired) electrons. The maximum Gasteiger partial charge on any atom is 0.224 e. The van der Waals surface area contributed by atoms with Crippen LogP contribution in [0.4, 0.5) is 5.95 Å². The Hall–Kier alpha value is -2.41. The zero-order valence-electron chi connectivity index (χ0n) is 8.83. The van der Waals surface area contributed by atoms with Crippen LogP contribution < -0.4 is 5.73 Å². The van der Waals surface area contributed by atoms with Gasteiger partial charge in [0.05, 0.1) is 18.2 Å². The topological polar surface area (TPSA) is 106 Å². The minimum atomic E-state index is -0.0732. The van der Waals surface area contributed by atoms with Crippen molar-refractivity contribution in [2.75, 3.05) is 5.73 Å². The Labute approximate surface area is 95.9 Å². The molecule has 0 saturated carbocycles. The van der Waals surface area contributed by atoms with E-state index in [1.807, 2.05) is 12.1 Å². The number of nitrogen functional groups attached to an aromatic ring is 1. The van der Waals surface area contributed by atoms with Crippen LogP contribution in [0.5, 0.6) is 0 Å². The summed E-state index contributed by atoms with van der Waals surface area (Å²) >= 11 is 0. The lowest BCUT2D eigenvalue weighted by Gasteiger charge is -2.07. The lowest BCUT2D eigenvalue weighted by atomic mass is 10.3. The third kappa shape index (κ3) is 1.44. The molecule has 0 aliphatic carbocycles. The molecule has 4 N–H and O–H groups in total. The van der Waals surface area contributed by atoms with E-state index < -0.39 is 0 Å². The predicted molar refractivity (Wildman–Crippen MR) is 61.3 cm³/mol. The summed E-state index contributed by atoms with van der Waals surface area (Å²) in [6, 6.07) is 3.64. The highest BCUT2D eigenvalue weighted by Crippen LogP contribution is 2.20. The van der Waals surface area contributed by atoms with Crippen molar-refractivity contribution in [3.05, 3.63) is 30.2 Å². The maximum atomic E-state index is 9.24. The standard InChI is InChI=1S/C10H10N6O/c11-10-13-8-7(4-12-15-8)9(14-10)16-3-1-2-6(16)5-17/h1-4,17H,5H2,(H3,11,12,13,14,15). The van der Waals surface area contributed by atoms with Gasteiger partial charge in [0.15, 0.2) is 11.5 Å². The minimum Gasteiger partial charge on any atom is -0.390 e. The third-order valence-corrected chi connectivity index (χ3v) is 2.53. The van der Waals surface area contributed by atoms with Gasteiger partial charge in [0.2, 0.25) is 5.95 Å². The molecule has 0 atom stereocenters. The van der Waals surface area contributed by atoms with Crippen LogP contribution in [0.2, 0.25) is 0 Å². The quantitative estimate of drug-likeness (QED) is 0.584. The molecular weight excluding hydrogens is 220 g/mol. The van der Waals surface area contributed by atoms with Crippen LogP contribution in [-0.4, -0.2) is 29.8 Å². The summed E-state index contributed by atoms with van der Waals surface area (Å²) in [7, 11) is 0. The van der Waals surface area contributed by atoms with Crippen molar-refractivity contribution in [2.24, 2.45) is 0 Å². The van der Waals surface area contributed by atoms with Gasteiger partial charge in [0.1, 0.15) is 0 Å². The van der Waals surface area contributed by atoms with E-state index in [-0.39, 0.29) is 12.6 Å². The molecule has 0 unspecified atom stereocenters. The van der Waals surface area contributed by atoms with Crippen LogP contribution in [0.3, 0.4) is 0 Å². The average molecular weight is 230 g/mol.